The molecule has 1 atom stereocenters. The molecule has 0 bridgehead atoms. The molecular formula is C15H24N4O4S. The highest BCUT2D eigenvalue weighted by atomic mass is 32.2. The summed E-state index contributed by atoms with van der Waals surface area (Å²) in [5, 5.41) is 0. The molecule has 3 heterocycles. The molecule has 2 fully saturated rings. The zero-order valence-corrected chi connectivity index (χ0v) is 14.7. The fourth-order valence-corrected chi connectivity index (χ4v) is 4.54. The van der Waals surface area contributed by atoms with Gasteiger partial charge in [-0.2, -0.15) is 17.0 Å². The number of aryl methyl sites for hydroxylation is 1. The zero-order chi connectivity index (χ0) is 17.0. The Morgan fingerprint density at radius 3 is 2.58 bits per heavy atom. The van der Waals surface area contributed by atoms with Crippen molar-refractivity contribution in [2.45, 2.75) is 32.3 Å². The molecular weight excluding hydrogens is 332 g/mol. The van der Waals surface area contributed by atoms with Crippen LogP contribution in [0, 0.1) is 0 Å². The summed E-state index contributed by atoms with van der Waals surface area (Å²) < 4.78 is 39.5. The second-order valence-corrected chi connectivity index (χ2v) is 7.92. The van der Waals surface area contributed by atoms with Crippen molar-refractivity contribution < 1.29 is 17.9 Å². The van der Waals surface area contributed by atoms with Crippen LogP contribution in [0.5, 0.6) is 6.01 Å². The Kier molecular flexibility index (Phi) is 5.65. The van der Waals surface area contributed by atoms with Crippen molar-refractivity contribution in [1.82, 2.24) is 18.6 Å². The van der Waals surface area contributed by atoms with E-state index in [1.807, 2.05) is 6.92 Å². The Labute approximate surface area is 143 Å². The lowest BCUT2D eigenvalue weighted by Gasteiger charge is -2.36. The number of morpholine rings is 1. The van der Waals surface area contributed by atoms with Gasteiger partial charge in [0.2, 0.25) is 0 Å². The number of piperidine rings is 1. The molecule has 1 aromatic heterocycles. The number of rotatable bonds is 5. The van der Waals surface area contributed by atoms with Crippen LogP contribution < -0.4 is 4.74 Å². The van der Waals surface area contributed by atoms with Gasteiger partial charge in [0, 0.05) is 32.0 Å². The quantitative estimate of drug-likeness (QED) is 0.762. The van der Waals surface area contributed by atoms with E-state index < -0.39 is 10.2 Å². The van der Waals surface area contributed by atoms with E-state index in [1.54, 1.807) is 12.4 Å². The summed E-state index contributed by atoms with van der Waals surface area (Å²) in [6.07, 6.45) is 5.70. The van der Waals surface area contributed by atoms with Crippen LogP contribution in [0.2, 0.25) is 0 Å². The third kappa shape index (κ3) is 4.02. The highest BCUT2D eigenvalue weighted by Crippen LogP contribution is 2.20. The number of hydrogen-bond donors (Lipinski definition) is 0. The second kappa shape index (κ2) is 7.73. The number of aromatic nitrogens is 2. The summed E-state index contributed by atoms with van der Waals surface area (Å²) in [5.41, 5.74) is 1.04. The largest absolute Gasteiger partial charge is 0.459 e. The fraction of sp³-hybridized carbons (Fsp3) is 0.733. The minimum Gasteiger partial charge on any atom is -0.459 e. The third-order valence-electron chi connectivity index (χ3n) is 4.33. The second-order valence-electron chi connectivity index (χ2n) is 5.99. The number of nitrogens with zero attached hydrogens (tertiary/aromatic N) is 4. The van der Waals surface area contributed by atoms with Crippen LogP contribution in [0.4, 0.5) is 0 Å². The zero-order valence-electron chi connectivity index (χ0n) is 13.9. The van der Waals surface area contributed by atoms with Gasteiger partial charge in [-0.05, 0) is 24.8 Å². The molecule has 0 amide bonds. The van der Waals surface area contributed by atoms with Gasteiger partial charge in [-0.3, -0.25) is 0 Å². The van der Waals surface area contributed by atoms with Crippen LogP contribution in [0.1, 0.15) is 25.3 Å². The Balaban J connectivity index is 1.62. The molecule has 0 aromatic carbocycles. The van der Waals surface area contributed by atoms with Gasteiger partial charge in [-0.1, -0.05) is 6.92 Å². The summed E-state index contributed by atoms with van der Waals surface area (Å²) in [5.74, 6) is 0. The van der Waals surface area contributed by atoms with Crippen molar-refractivity contribution in [3.63, 3.8) is 0 Å². The van der Waals surface area contributed by atoms with Gasteiger partial charge in [0.15, 0.2) is 0 Å². The van der Waals surface area contributed by atoms with Gasteiger partial charge in [0.1, 0.15) is 6.10 Å². The van der Waals surface area contributed by atoms with E-state index >= 15 is 0 Å². The van der Waals surface area contributed by atoms with Crippen LogP contribution in [-0.2, 0) is 21.4 Å². The highest BCUT2D eigenvalue weighted by molar-refractivity contribution is 7.86. The van der Waals surface area contributed by atoms with E-state index in [1.165, 1.54) is 8.61 Å². The van der Waals surface area contributed by atoms with E-state index in [0.29, 0.717) is 45.4 Å². The van der Waals surface area contributed by atoms with Gasteiger partial charge >= 0.3 is 6.01 Å². The molecule has 2 aliphatic rings. The normalized spacial score (nSPS) is 24.0. The summed E-state index contributed by atoms with van der Waals surface area (Å²) in [4.78, 5) is 8.38. The lowest BCUT2D eigenvalue weighted by Crippen LogP contribution is -2.53. The summed E-state index contributed by atoms with van der Waals surface area (Å²) in [6, 6.07) is 0.308. The first-order valence-corrected chi connectivity index (χ1v) is 9.80. The maximum atomic E-state index is 12.7. The van der Waals surface area contributed by atoms with Crippen LogP contribution in [0.3, 0.4) is 0 Å². The lowest BCUT2D eigenvalue weighted by atomic mass is 10.1. The van der Waals surface area contributed by atoms with E-state index in [-0.39, 0.29) is 6.10 Å². The van der Waals surface area contributed by atoms with Crippen molar-refractivity contribution in [1.29, 1.82) is 0 Å². The van der Waals surface area contributed by atoms with Gasteiger partial charge in [-0.15, -0.1) is 0 Å². The van der Waals surface area contributed by atoms with Crippen LogP contribution in [0.25, 0.3) is 0 Å². The first kappa shape index (κ1) is 17.5. The molecule has 8 nitrogen and oxygen atoms in total. The molecule has 0 aliphatic carbocycles. The number of hydrogen-bond acceptors (Lipinski definition) is 6. The van der Waals surface area contributed by atoms with Crippen molar-refractivity contribution in [2.75, 3.05) is 39.4 Å². The SMILES string of the molecule is CCc1cnc(OC2CCCN(S(=O)(=O)N3CCOCC3)C2)nc1. The smallest absolute Gasteiger partial charge is 0.316 e. The van der Waals surface area contributed by atoms with Crippen molar-refractivity contribution >= 4 is 10.2 Å². The average Bonchev–Trinajstić information content (AvgIpc) is 2.63. The van der Waals surface area contributed by atoms with Crippen molar-refractivity contribution in [2.24, 2.45) is 0 Å². The standard InChI is InChI=1S/C15H24N4O4S/c1-2-13-10-16-15(17-11-13)23-14-4-3-5-19(12-14)24(20,21)18-6-8-22-9-7-18/h10-11,14H,2-9,12H2,1H3. The minimum absolute atomic E-state index is 0.220. The predicted molar refractivity (Wildman–Crippen MR) is 87.9 cm³/mol. The summed E-state index contributed by atoms with van der Waals surface area (Å²) in [7, 11) is -3.46. The van der Waals surface area contributed by atoms with Gasteiger partial charge < -0.3 is 9.47 Å². The molecule has 1 unspecified atom stereocenters. The molecule has 134 valence electrons. The van der Waals surface area contributed by atoms with E-state index in [9.17, 15) is 8.42 Å². The minimum atomic E-state index is -3.46. The van der Waals surface area contributed by atoms with E-state index in [2.05, 4.69) is 9.97 Å². The first-order valence-electron chi connectivity index (χ1n) is 8.40. The molecule has 3 rings (SSSR count). The van der Waals surface area contributed by atoms with Gasteiger partial charge in [0.25, 0.3) is 10.2 Å². The van der Waals surface area contributed by atoms with Crippen LogP contribution in [0.15, 0.2) is 12.4 Å². The maximum Gasteiger partial charge on any atom is 0.316 e. The summed E-state index contributed by atoms with van der Waals surface area (Å²) >= 11 is 0. The molecule has 0 radical (unpaired) electrons. The van der Waals surface area contributed by atoms with Gasteiger partial charge in [0.05, 0.1) is 19.8 Å². The maximum absolute atomic E-state index is 12.7. The molecule has 0 spiro atoms. The lowest BCUT2D eigenvalue weighted by molar-refractivity contribution is 0.0660. The molecule has 1 aromatic rings. The molecule has 0 saturated carbocycles. The van der Waals surface area contributed by atoms with E-state index in [4.69, 9.17) is 9.47 Å². The third-order valence-corrected chi connectivity index (χ3v) is 6.33. The molecule has 9 heteroatoms. The van der Waals surface area contributed by atoms with Gasteiger partial charge in [-0.25, -0.2) is 9.97 Å². The average molecular weight is 356 g/mol. The molecule has 0 N–H and O–H groups in total. The molecule has 24 heavy (non-hydrogen) atoms. The Morgan fingerprint density at radius 1 is 1.21 bits per heavy atom. The highest BCUT2D eigenvalue weighted by Gasteiger charge is 2.35. The molecule has 2 saturated heterocycles. The monoisotopic (exact) mass is 356 g/mol. The first-order chi connectivity index (χ1) is 11.6. The van der Waals surface area contributed by atoms with Crippen LogP contribution in [-0.4, -0.2) is 72.5 Å². The Bertz CT molecular complexity index is 631. The summed E-state index contributed by atoms with van der Waals surface area (Å²) in [6.45, 7) is 4.61. The predicted octanol–water partition coefficient (Wildman–Crippen LogP) is 0.459. The van der Waals surface area contributed by atoms with Crippen molar-refractivity contribution in [3.05, 3.63) is 18.0 Å². The topological polar surface area (TPSA) is 84.9 Å². The number of ether oxygens (including phenoxy) is 2. The van der Waals surface area contributed by atoms with Crippen molar-refractivity contribution in [3.8, 4) is 6.01 Å². The molecule has 2 aliphatic heterocycles. The Morgan fingerprint density at radius 2 is 1.92 bits per heavy atom. The Hall–Kier alpha value is -1.29. The van der Waals surface area contributed by atoms with Crippen LogP contribution >= 0.6 is 0 Å². The fourth-order valence-electron chi connectivity index (χ4n) is 2.89. The van der Waals surface area contributed by atoms with E-state index in [0.717, 1.165) is 24.8 Å².